The van der Waals surface area contributed by atoms with Gasteiger partial charge in [-0.2, -0.15) is 0 Å². The molecule has 11 heavy (non-hydrogen) atoms. The molecule has 0 spiro atoms. The van der Waals surface area contributed by atoms with Gasteiger partial charge in [0.05, 0.1) is 0 Å². The first kappa shape index (κ1) is 11.4. The molecule has 0 bridgehead atoms. The second kappa shape index (κ2) is 5.14. The van der Waals surface area contributed by atoms with E-state index in [0.717, 1.165) is 0 Å². The summed E-state index contributed by atoms with van der Waals surface area (Å²) in [7, 11) is 5.67. The molecule has 0 fully saturated rings. The molecule has 64 valence electrons. The highest BCUT2D eigenvalue weighted by molar-refractivity contribution is 8.24. The molecule has 0 aliphatic carbocycles. The van der Waals surface area contributed by atoms with Gasteiger partial charge in [-0.3, -0.25) is 0 Å². The molecule has 0 aromatic heterocycles. The van der Waals surface area contributed by atoms with E-state index in [-0.39, 0.29) is 6.61 Å². The molecule has 0 heterocycles. The first-order valence-corrected chi connectivity index (χ1v) is 4.90. The third-order valence-corrected chi connectivity index (χ3v) is 2.97. The van der Waals surface area contributed by atoms with Gasteiger partial charge in [0.1, 0.15) is 6.61 Å². The highest BCUT2D eigenvalue weighted by Crippen LogP contribution is 2.38. The molecule has 0 radical (unpaired) electrons. The molecule has 0 rings (SSSR count). The number of hydrogen-bond acceptors (Lipinski definition) is 3. The standard InChI is InChI=1S/C5H5Cl3O2S/c1-2-3-10-4(9)5(6,7)11-8/h2H,1,3H2. The lowest BCUT2D eigenvalue weighted by Crippen LogP contribution is -2.23. The SMILES string of the molecule is C=CCOC(=O)C(Cl)(Cl)SCl. The number of carbonyl (C=O) groups excluding carboxylic acids is 1. The highest BCUT2D eigenvalue weighted by Gasteiger charge is 2.35. The van der Waals surface area contributed by atoms with E-state index in [0.29, 0.717) is 11.0 Å². The number of rotatable bonds is 4. The number of ether oxygens (including phenoxy) is 1. The maximum Gasteiger partial charge on any atom is 0.354 e. The van der Waals surface area contributed by atoms with E-state index in [1.165, 1.54) is 6.08 Å². The third kappa shape index (κ3) is 4.11. The number of alkyl halides is 2. The van der Waals surface area contributed by atoms with E-state index in [4.69, 9.17) is 33.9 Å². The summed E-state index contributed by atoms with van der Waals surface area (Å²) in [5.41, 5.74) is 0. The summed E-state index contributed by atoms with van der Waals surface area (Å²) >= 11 is 10.8. The molecular formula is C5H5Cl3O2S. The van der Waals surface area contributed by atoms with Crippen molar-refractivity contribution in [2.75, 3.05) is 6.61 Å². The summed E-state index contributed by atoms with van der Waals surface area (Å²) in [6.45, 7) is 3.40. The van der Waals surface area contributed by atoms with Crippen molar-refractivity contribution in [2.45, 2.75) is 3.67 Å². The van der Waals surface area contributed by atoms with Crippen LogP contribution in [-0.4, -0.2) is 16.2 Å². The Balaban J connectivity index is 3.91. The lowest BCUT2D eigenvalue weighted by Gasteiger charge is -2.11. The van der Waals surface area contributed by atoms with Crippen molar-refractivity contribution < 1.29 is 9.53 Å². The van der Waals surface area contributed by atoms with Crippen molar-refractivity contribution in [3.8, 4) is 0 Å². The fourth-order valence-electron chi connectivity index (χ4n) is 0.250. The van der Waals surface area contributed by atoms with Crippen molar-refractivity contribution in [3.63, 3.8) is 0 Å². The van der Waals surface area contributed by atoms with Gasteiger partial charge in [-0.25, -0.2) is 4.79 Å². The maximum absolute atomic E-state index is 10.8. The Hall–Kier alpha value is 0.430. The summed E-state index contributed by atoms with van der Waals surface area (Å²) < 4.78 is 2.79. The smallest absolute Gasteiger partial charge is 0.354 e. The summed E-state index contributed by atoms with van der Waals surface area (Å²) in [6.07, 6.45) is 1.40. The minimum atomic E-state index is -1.73. The van der Waals surface area contributed by atoms with E-state index in [9.17, 15) is 4.79 Å². The van der Waals surface area contributed by atoms with Crippen molar-refractivity contribution in [3.05, 3.63) is 12.7 Å². The first-order valence-electron chi connectivity index (χ1n) is 2.50. The van der Waals surface area contributed by atoms with Crippen LogP contribution in [0, 0.1) is 0 Å². The Labute approximate surface area is 83.3 Å². The van der Waals surface area contributed by atoms with Gasteiger partial charge in [0.2, 0.25) is 0 Å². The Bertz CT molecular complexity index is 160. The predicted molar refractivity (Wildman–Crippen MR) is 49.0 cm³/mol. The van der Waals surface area contributed by atoms with E-state index < -0.39 is 9.63 Å². The average Bonchev–Trinajstić information content (AvgIpc) is 2.00. The fraction of sp³-hybridized carbons (Fsp3) is 0.400. The van der Waals surface area contributed by atoms with Crippen LogP contribution in [0.3, 0.4) is 0 Å². The zero-order chi connectivity index (χ0) is 8.91. The average molecular weight is 236 g/mol. The van der Waals surface area contributed by atoms with Crippen LogP contribution in [0.25, 0.3) is 0 Å². The molecule has 0 amide bonds. The number of hydrogen-bond donors (Lipinski definition) is 0. The Morgan fingerprint density at radius 3 is 2.64 bits per heavy atom. The topological polar surface area (TPSA) is 26.3 Å². The second-order valence-corrected chi connectivity index (χ2v) is 4.49. The molecule has 0 aromatic rings. The Morgan fingerprint density at radius 1 is 1.73 bits per heavy atom. The van der Waals surface area contributed by atoms with E-state index >= 15 is 0 Å². The van der Waals surface area contributed by atoms with Gasteiger partial charge in [-0.1, -0.05) is 35.9 Å². The number of esters is 1. The van der Waals surface area contributed by atoms with Crippen LogP contribution >= 0.6 is 44.9 Å². The Kier molecular flexibility index (Phi) is 5.34. The molecule has 0 aliphatic heterocycles. The molecule has 0 N–H and O–H groups in total. The van der Waals surface area contributed by atoms with Crippen LogP contribution in [0.15, 0.2) is 12.7 Å². The lowest BCUT2D eigenvalue weighted by molar-refractivity contribution is -0.141. The van der Waals surface area contributed by atoms with Gasteiger partial charge < -0.3 is 4.74 Å². The molecule has 0 atom stereocenters. The predicted octanol–water partition coefficient (Wildman–Crippen LogP) is 2.73. The van der Waals surface area contributed by atoms with Crippen molar-refractivity contribution >= 4 is 50.8 Å². The lowest BCUT2D eigenvalue weighted by atomic mass is 10.7. The molecule has 2 nitrogen and oxygen atoms in total. The van der Waals surface area contributed by atoms with Crippen LogP contribution in [0.4, 0.5) is 0 Å². The number of carbonyl (C=O) groups is 1. The monoisotopic (exact) mass is 234 g/mol. The third-order valence-electron chi connectivity index (χ3n) is 0.667. The maximum atomic E-state index is 10.8. The normalized spacial score (nSPS) is 10.8. The van der Waals surface area contributed by atoms with Crippen molar-refractivity contribution in [1.29, 1.82) is 0 Å². The Morgan fingerprint density at radius 2 is 2.27 bits per heavy atom. The van der Waals surface area contributed by atoms with E-state index in [1.807, 2.05) is 0 Å². The number of halogens is 3. The van der Waals surface area contributed by atoms with Crippen LogP contribution < -0.4 is 0 Å². The molecule has 0 unspecified atom stereocenters. The molecule has 0 aromatic carbocycles. The summed E-state index contributed by atoms with van der Waals surface area (Å²) in [5.74, 6) is -0.791. The quantitative estimate of drug-likeness (QED) is 0.426. The van der Waals surface area contributed by atoms with E-state index in [1.54, 1.807) is 0 Å². The minimum Gasteiger partial charge on any atom is -0.459 e. The fourth-order valence-corrected chi connectivity index (χ4v) is 0.670. The van der Waals surface area contributed by atoms with Gasteiger partial charge >= 0.3 is 5.97 Å². The zero-order valence-electron chi connectivity index (χ0n) is 5.35. The minimum absolute atomic E-state index is 0.0669. The zero-order valence-corrected chi connectivity index (χ0v) is 8.43. The van der Waals surface area contributed by atoms with Gasteiger partial charge in [-0.05, 0) is 21.7 Å². The highest BCUT2D eigenvalue weighted by atomic mass is 35.7. The summed E-state index contributed by atoms with van der Waals surface area (Å²) in [4.78, 5) is 10.8. The van der Waals surface area contributed by atoms with Gasteiger partial charge in [-0.15, -0.1) is 0 Å². The van der Waals surface area contributed by atoms with Crippen molar-refractivity contribution in [1.82, 2.24) is 0 Å². The van der Waals surface area contributed by atoms with Gasteiger partial charge in [0.15, 0.2) is 0 Å². The van der Waals surface area contributed by atoms with Crippen LogP contribution in [0.5, 0.6) is 0 Å². The molecule has 0 saturated heterocycles. The van der Waals surface area contributed by atoms with Gasteiger partial charge in [0, 0.05) is 0 Å². The largest absolute Gasteiger partial charge is 0.459 e. The summed E-state index contributed by atoms with van der Waals surface area (Å²) in [6, 6.07) is 0. The molecule has 0 aliphatic rings. The van der Waals surface area contributed by atoms with Crippen LogP contribution in [0.1, 0.15) is 0 Å². The van der Waals surface area contributed by atoms with Crippen LogP contribution in [0.2, 0.25) is 0 Å². The summed E-state index contributed by atoms with van der Waals surface area (Å²) in [5, 5.41) is 0. The van der Waals surface area contributed by atoms with E-state index in [2.05, 4.69) is 11.3 Å². The van der Waals surface area contributed by atoms with Gasteiger partial charge in [0.25, 0.3) is 3.67 Å². The molecule has 6 heteroatoms. The molecule has 0 saturated carbocycles. The second-order valence-electron chi connectivity index (χ2n) is 1.48. The molecular weight excluding hydrogens is 230 g/mol. The van der Waals surface area contributed by atoms with Crippen molar-refractivity contribution in [2.24, 2.45) is 0 Å². The van der Waals surface area contributed by atoms with Crippen LogP contribution in [-0.2, 0) is 9.53 Å². The first-order chi connectivity index (χ1) is 5.04.